The first-order chi connectivity index (χ1) is 10.2. The predicted molar refractivity (Wildman–Crippen MR) is 91.2 cm³/mol. The lowest BCUT2D eigenvalue weighted by Gasteiger charge is -2.28. The molecule has 2 aromatic carbocycles. The summed E-state index contributed by atoms with van der Waals surface area (Å²) in [5, 5.41) is 3.70. The van der Waals surface area contributed by atoms with Gasteiger partial charge >= 0.3 is 0 Å². The Labute approximate surface area is 134 Å². The highest BCUT2D eigenvalue weighted by molar-refractivity contribution is 9.10. The SMILES string of the molecule is COc1ccc2c(c1)CCCC2Nc1cccc(C)c1Br. The van der Waals surface area contributed by atoms with Crippen LogP contribution >= 0.6 is 15.9 Å². The van der Waals surface area contributed by atoms with Gasteiger partial charge in [0.05, 0.1) is 13.2 Å². The number of fused-ring (bicyclic) bond motifs is 1. The van der Waals surface area contributed by atoms with Gasteiger partial charge in [0.1, 0.15) is 5.75 Å². The largest absolute Gasteiger partial charge is 0.497 e. The molecular formula is C18H20BrNO. The molecular weight excluding hydrogens is 326 g/mol. The van der Waals surface area contributed by atoms with E-state index in [-0.39, 0.29) is 0 Å². The molecule has 0 radical (unpaired) electrons. The standard InChI is InChI=1S/C18H20BrNO/c1-12-5-3-8-17(18(12)19)20-16-7-4-6-13-11-14(21-2)9-10-15(13)16/h3,5,8-11,16,20H,4,6-7H2,1-2H3. The van der Waals surface area contributed by atoms with Crippen molar-refractivity contribution in [1.82, 2.24) is 0 Å². The molecule has 110 valence electrons. The zero-order valence-corrected chi connectivity index (χ0v) is 14.0. The van der Waals surface area contributed by atoms with E-state index in [0.29, 0.717) is 6.04 Å². The van der Waals surface area contributed by atoms with Crippen molar-refractivity contribution in [2.75, 3.05) is 12.4 Å². The molecule has 3 heteroatoms. The van der Waals surface area contributed by atoms with Crippen LogP contribution in [0.2, 0.25) is 0 Å². The minimum atomic E-state index is 0.373. The fourth-order valence-corrected chi connectivity index (χ4v) is 3.39. The Morgan fingerprint density at radius 3 is 2.90 bits per heavy atom. The van der Waals surface area contributed by atoms with Crippen molar-refractivity contribution in [3.8, 4) is 5.75 Å². The average Bonchev–Trinajstić information content (AvgIpc) is 2.51. The van der Waals surface area contributed by atoms with E-state index >= 15 is 0 Å². The van der Waals surface area contributed by atoms with Crippen LogP contribution in [-0.2, 0) is 6.42 Å². The molecule has 2 aromatic rings. The summed E-state index contributed by atoms with van der Waals surface area (Å²) < 4.78 is 6.50. The third-order valence-electron chi connectivity index (χ3n) is 4.19. The highest BCUT2D eigenvalue weighted by Gasteiger charge is 2.21. The third-order valence-corrected chi connectivity index (χ3v) is 5.24. The first-order valence-electron chi connectivity index (χ1n) is 7.37. The van der Waals surface area contributed by atoms with Gasteiger partial charge in [-0.1, -0.05) is 18.2 Å². The second-order valence-electron chi connectivity index (χ2n) is 5.59. The Morgan fingerprint density at radius 2 is 2.10 bits per heavy atom. The molecule has 21 heavy (non-hydrogen) atoms. The molecule has 3 rings (SSSR count). The van der Waals surface area contributed by atoms with Gasteiger partial charge in [0, 0.05) is 10.2 Å². The summed E-state index contributed by atoms with van der Waals surface area (Å²) in [5.41, 5.74) is 5.23. The summed E-state index contributed by atoms with van der Waals surface area (Å²) in [6.45, 7) is 2.12. The van der Waals surface area contributed by atoms with E-state index in [1.54, 1.807) is 7.11 Å². The van der Waals surface area contributed by atoms with Crippen molar-refractivity contribution >= 4 is 21.6 Å². The normalized spacial score (nSPS) is 17.2. The number of aryl methyl sites for hydroxylation is 2. The quantitative estimate of drug-likeness (QED) is 0.819. The topological polar surface area (TPSA) is 21.3 Å². The van der Waals surface area contributed by atoms with Gasteiger partial charge in [0.25, 0.3) is 0 Å². The number of methoxy groups -OCH3 is 1. The summed E-state index contributed by atoms with van der Waals surface area (Å²) in [7, 11) is 1.73. The molecule has 0 saturated heterocycles. The first kappa shape index (κ1) is 14.5. The minimum absolute atomic E-state index is 0.373. The van der Waals surface area contributed by atoms with E-state index in [1.165, 1.54) is 35.2 Å². The minimum Gasteiger partial charge on any atom is -0.497 e. The van der Waals surface area contributed by atoms with Crippen LogP contribution in [0.25, 0.3) is 0 Å². The van der Waals surface area contributed by atoms with Crippen LogP contribution < -0.4 is 10.1 Å². The van der Waals surface area contributed by atoms with Crippen LogP contribution in [0, 0.1) is 6.92 Å². The molecule has 0 aliphatic heterocycles. The lowest BCUT2D eigenvalue weighted by atomic mass is 9.87. The van der Waals surface area contributed by atoms with Gasteiger partial charge in [-0.25, -0.2) is 0 Å². The molecule has 0 amide bonds. The smallest absolute Gasteiger partial charge is 0.119 e. The molecule has 1 aliphatic rings. The molecule has 0 fully saturated rings. The van der Waals surface area contributed by atoms with E-state index in [0.717, 1.165) is 16.6 Å². The number of hydrogen-bond donors (Lipinski definition) is 1. The number of anilines is 1. The van der Waals surface area contributed by atoms with E-state index < -0.39 is 0 Å². The second kappa shape index (κ2) is 6.10. The van der Waals surface area contributed by atoms with Gasteiger partial charge < -0.3 is 10.1 Å². The molecule has 0 saturated carbocycles. The number of benzene rings is 2. The number of hydrogen-bond acceptors (Lipinski definition) is 2. The Hall–Kier alpha value is -1.48. The van der Waals surface area contributed by atoms with Gasteiger partial charge in [-0.15, -0.1) is 0 Å². The van der Waals surface area contributed by atoms with Crippen LogP contribution in [-0.4, -0.2) is 7.11 Å². The molecule has 1 N–H and O–H groups in total. The molecule has 2 nitrogen and oxygen atoms in total. The fraction of sp³-hybridized carbons (Fsp3) is 0.333. The summed E-state index contributed by atoms with van der Waals surface area (Å²) in [6, 6.07) is 13.2. The maximum absolute atomic E-state index is 5.34. The number of rotatable bonds is 3. The van der Waals surface area contributed by atoms with E-state index in [1.807, 2.05) is 0 Å². The number of halogens is 1. The van der Waals surface area contributed by atoms with Gasteiger partial charge in [-0.05, 0) is 77.0 Å². The molecule has 0 bridgehead atoms. The Bertz CT molecular complexity index is 654. The maximum Gasteiger partial charge on any atom is 0.119 e. The highest BCUT2D eigenvalue weighted by atomic mass is 79.9. The molecule has 1 unspecified atom stereocenters. The Balaban J connectivity index is 1.90. The van der Waals surface area contributed by atoms with Crippen molar-refractivity contribution in [3.63, 3.8) is 0 Å². The van der Waals surface area contributed by atoms with Crippen LogP contribution in [0.3, 0.4) is 0 Å². The van der Waals surface area contributed by atoms with E-state index in [4.69, 9.17) is 4.74 Å². The van der Waals surface area contributed by atoms with Crippen molar-refractivity contribution in [1.29, 1.82) is 0 Å². The number of ether oxygens (including phenoxy) is 1. The lowest BCUT2D eigenvalue weighted by Crippen LogP contribution is -2.17. The molecule has 0 spiro atoms. The van der Waals surface area contributed by atoms with Gasteiger partial charge in [-0.2, -0.15) is 0 Å². The lowest BCUT2D eigenvalue weighted by molar-refractivity contribution is 0.413. The van der Waals surface area contributed by atoms with Crippen molar-refractivity contribution in [2.24, 2.45) is 0 Å². The molecule has 0 aromatic heterocycles. The van der Waals surface area contributed by atoms with Crippen molar-refractivity contribution in [2.45, 2.75) is 32.2 Å². The first-order valence-corrected chi connectivity index (χ1v) is 8.17. The van der Waals surface area contributed by atoms with Gasteiger partial charge in [0.2, 0.25) is 0 Å². The average molecular weight is 346 g/mol. The molecule has 1 atom stereocenters. The molecule has 0 heterocycles. The zero-order chi connectivity index (χ0) is 14.8. The maximum atomic E-state index is 5.34. The fourth-order valence-electron chi connectivity index (χ4n) is 3.01. The second-order valence-corrected chi connectivity index (χ2v) is 6.38. The number of nitrogens with one attached hydrogen (secondary N) is 1. The third kappa shape index (κ3) is 2.93. The Morgan fingerprint density at radius 1 is 1.24 bits per heavy atom. The Kier molecular flexibility index (Phi) is 4.20. The summed E-state index contributed by atoms with van der Waals surface area (Å²) in [6.07, 6.45) is 3.51. The van der Waals surface area contributed by atoms with Crippen molar-refractivity contribution in [3.05, 3.63) is 57.6 Å². The summed E-state index contributed by atoms with van der Waals surface area (Å²) in [5.74, 6) is 0.950. The van der Waals surface area contributed by atoms with Gasteiger partial charge in [-0.3, -0.25) is 0 Å². The van der Waals surface area contributed by atoms with E-state index in [2.05, 4.69) is 64.6 Å². The van der Waals surface area contributed by atoms with Crippen LogP contribution in [0.15, 0.2) is 40.9 Å². The van der Waals surface area contributed by atoms with Crippen LogP contribution in [0.5, 0.6) is 5.75 Å². The van der Waals surface area contributed by atoms with Crippen LogP contribution in [0.1, 0.15) is 35.6 Å². The van der Waals surface area contributed by atoms with E-state index in [9.17, 15) is 0 Å². The summed E-state index contributed by atoms with van der Waals surface area (Å²) in [4.78, 5) is 0. The highest BCUT2D eigenvalue weighted by Crippen LogP contribution is 2.36. The van der Waals surface area contributed by atoms with Crippen molar-refractivity contribution < 1.29 is 4.74 Å². The van der Waals surface area contributed by atoms with Gasteiger partial charge in [0.15, 0.2) is 0 Å². The summed E-state index contributed by atoms with van der Waals surface area (Å²) >= 11 is 3.69. The van der Waals surface area contributed by atoms with Crippen LogP contribution in [0.4, 0.5) is 5.69 Å². The monoisotopic (exact) mass is 345 g/mol. The predicted octanol–water partition coefficient (Wildman–Crippen LogP) is 5.26. The molecule has 1 aliphatic carbocycles. The zero-order valence-electron chi connectivity index (χ0n) is 12.4.